The Morgan fingerprint density at radius 3 is 2.27 bits per heavy atom. The molecule has 0 atom stereocenters. The van der Waals surface area contributed by atoms with E-state index in [-0.39, 0.29) is 0 Å². The standard InChI is InChI=1S/C19H25BINO4/c1-17(2,3)24-16(23)22-11-13(12-9-8-10-14(21)15(12)22)20-25-18(4,5)19(6,7)26-20/h8-11H,1-7H3. The minimum atomic E-state index is -0.571. The average Bonchev–Trinajstić information content (AvgIpc) is 2.94. The van der Waals surface area contributed by atoms with Gasteiger partial charge in [-0.25, -0.2) is 4.79 Å². The van der Waals surface area contributed by atoms with Crippen molar-refractivity contribution in [1.29, 1.82) is 0 Å². The van der Waals surface area contributed by atoms with Crippen LogP contribution in [0.4, 0.5) is 4.79 Å². The normalized spacial score (nSPS) is 19.2. The molecule has 1 fully saturated rings. The lowest BCUT2D eigenvalue weighted by molar-refractivity contribution is 0.00578. The number of fused-ring (bicyclic) bond motifs is 1. The molecule has 0 spiro atoms. The molecule has 7 heteroatoms. The van der Waals surface area contributed by atoms with Crippen molar-refractivity contribution < 1.29 is 18.8 Å². The van der Waals surface area contributed by atoms with Gasteiger partial charge in [-0.1, -0.05) is 12.1 Å². The summed E-state index contributed by atoms with van der Waals surface area (Å²) in [4.78, 5) is 12.8. The van der Waals surface area contributed by atoms with E-state index in [2.05, 4.69) is 22.6 Å². The van der Waals surface area contributed by atoms with E-state index in [0.717, 1.165) is 19.9 Å². The summed E-state index contributed by atoms with van der Waals surface area (Å²) < 4.78 is 20.5. The Kier molecular flexibility index (Phi) is 4.73. The zero-order chi connectivity index (χ0) is 19.5. The molecule has 0 radical (unpaired) electrons. The van der Waals surface area contributed by atoms with E-state index in [1.807, 2.05) is 66.7 Å². The van der Waals surface area contributed by atoms with Gasteiger partial charge in [0.25, 0.3) is 0 Å². The molecule has 26 heavy (non-hydrogen) atoms. The molecule has 2 heterocycles. The molecule has 140 valence electrons. The average molecular weight is 469 g/mol. The summed E-state index contributed by atoms with van der Waals surface area (Å²) in [6.45, 7) is 13.6. The topological polar surface area (TPSA) is 49.7 Å². The second-order valence-electron chi connectivity index (χ2n) is 8.66. The molecule has 0 amide bonds. The SMILES string of the molecule is CC(C)(C)OC(=O)n1cc(B2OC(C)(C)C(C)(C)O2)c2cccc(I)c21. The quantitative estimate of drug-likeness (QED) is 0.461. The molecule has 1 aromatic heterocycles. The first-order valence-corrected chi connectivity index (χ1v) is 9.79. The van der Waals surface area contributed by atoms with E-state index in [1.165, 1.54) is 0 Å². The summed E-state index contributed by atoms with van der Waals surface area (Å²) in [5.41, 5.74) is 0.188. The van der Waals surface area contributed by atoms with Gasteiger partial charge in [0.2, 0.25) is 0 Å². The lowest BCUT2D eigenvalue weighted by Gasteiger charge is -2.32. The summed E-state index contributed by atoms with van der Waals surface area (Å²) in [5, 5.41) is 0.932. The molecule has 1 aliphatic rings. The summed E-state index contributed by atoms with van der Waals surface area (Å²) in [5.74, 6) is 0. The highest BCUT2D eigenvalue weighted by molar-refractivity contribution is 14.1. The number of benzene rings is 1. The van der Waals surface area contributed by atoms with Gasteiger partial charge in [0.05, 0.1) is 16.7 Å². The highest BCUT2D eigenvalue weighted by atomic mass is 127. The number of carbonyl (C=O) groups is 1. The molecular formula is C19H25BINO4. The third-order valence-corrected chi connectivity index (χ3v) is 5.77. The first-order valence-electron chi connectivity index (χ1n) is 8.71. The maximum Gasteiger partial charge on any atom is 0.497 e. The number of para-hydroxylation sites is 1. The van der Waals surface area contributed by atoms with E-state index in [1.54, 1.807) is 10.8 Å². The fourth-order valence-corrected chi connectivity index (χ4v) is 3.64. The zero-order valence-electron chi connectivity index (χ0n) is 16.3. The van der Waals surface area contributed by atoms with Crippen LogP contribution in [0.5, 0.6) is 0 Å². The molecule has 0 aliphatic carbocycles. The number of halogens is 1. The molecule has 1 aromatic carbocycles. The Bertz CT molecular complexity index is 850. The number of carbonyl (C=O) groups excluding carboxylic acids is 1. The van der Waals surface area contributed by atoms with Crippen LogP contribution in [0, 0.1) is 3.57 Å². The van der Waals surface area contributed by atoms with Crippen molar-refractivity contribution in [2.75, 3.05) is 0 Å². The summed E-state index contributed by atoms with van der Waals surface area (Å²) in [6, 6.07) is 5.93. The minimum Gasteiger partial charge on any atom is -0.443 e. The maximum absolute atomic E-state index is 12.8. The van der Waals surface area contributed by atoms with E-state index in [0.29, 0.717) is 0 Å². The Morgan fingerprint density at radius 2 is 1.73 bits per heavy atom. The van der Waals surface area contributed by atoms with Gasteiger partial charge in [-0.2, -0.15) is 0 Å². The summed E-state index contributed by atoms with van der Waals surface area (Å²) in [6.07, 6.45) is 1.37. The summed E-state index contributed by atoms with van der Waals surface area (Å²) >= 11 is 2.23. The van der Waals surface area contributed by atoms with Crippen LogP contribution in [0.2, 0.25) is 0 Å². The van der Waals surface area contributed by atoms with Gasteiger partial charge in [0.15, 0.2) is 0 Å². The molecule has 0 saturated carbocycles. The molecule has 1 saturated heterocycles. The van der Waals surface area contributed by atoms with Crippen molar-refractivity contribution in [3.05, 3.63) is 28.0 Å². The Morgan fingerprint density at radius 1 is 1.15 bits per heavy atom. The van der Waals surface area contributed by atoms with Crippen LogP contribution in [-0.4, -0.2) is 34.6 Å². The zero-order valence-corrected chi connectivity index (χ0v) is 18.5. The lowest BCUT2D eigenvalue weighted by Crippen LogP contribution is -2.41. The monoisotopic (exact) mass is 469 g/mol. The van der Waals surface area contributed by atoms with E-state index >= 15 is 0 Å². The summed E-state index contributed by atoms with van der Waals surface area (Å²) in [7, 11) is -0.538. The molecule has 0 N–H and O–H groups in total. The van der Waals surface area contributed by atoms with Crippen molar-refractivity contribution >= 4 is 52.2 Å². The second-order valence-corrected chi connectivity index (χ2v) is 9.82. The maximum atomic E-state index is 12.8. The molecule has 3 rings (SSSR count). The van der Waals surface area contributed by atoms with E-state index in [4.69, 9.17) is 14.0 Å². The van der Waals surface area contributed by atoms with Gasteiger partial charge in [0, 0.05) is 20.6 Å². The van der Waals surface area contributed by atoms with E-state index in [9.17, 15) is 4.79 Å². The van der Waals surface area contributed by atoms with Crippen molar-refractivity contribution in [2.45, 2.75) is 65.3 Å². The number of rotatable bonds is 1. The molecule has 0 bridgehead atoms. The highest BCUT2D eigenvalue weighted by Crippen LogP contribution is 2.37. The van der Waals surface area contributed by atoms with Crippen LogP contribution in [0.3, 0.4) is 0 Å². The number of ether oxygens (including phenoxy) is 1. The van der Waals surface area contributed by atoms with Gasteiger partial charge in [-0.05, 0) is 77.1 Å². The molecular weight excluding hydrogens is 444 g/mol. The van der Waals surface area contributed by atoms with Crippen LogP contribution >= 0.6 is 22.6 Å². The fourth-order valence-electron chi connectivity index (χ4n) is 2.88. The van der Waals surface area contributed by atoms with Crippen molar-refractivity contribution in [3.63, 3.8) is 0 Å². The Hall–Kier alpha value is -1.06. The fraction of sp³-hybridized carbons (Fsp3) is 0.526. The first-order chi connectivity index (χ1) is 11.8. The van der Waals surface area contributed by atoms with Crippen LogP contribution < -0.4 is 5.46 Å². The number of nitrogens with zero attached hydrogens (tertiary/aromatic N) is 1. The smallest absolute Gasteiger partial charge is 0.443 e. The predicted molar refractivity (Wildman–Crippen MR) is 112 cm³/mol. The third kappa shape index (κ3) is 3.41. The third-order valence-electron chi connectivity index (χ3n) is 4.90. The van der Waals surface area contributed by atoms with Crippen molar-refractivity contribution in [3.8, 4) is 0 Å². The van der Waals surface area contributed by atoms with Crippen molar-refractivity contribution in [2.24, 2.45) is 0 Å². The Labute approximate surface area is 168 Å². The molecule has 1 aliphatic heterocycles. The Balaban J connectivity index is 2.11. The van der Waals surface area contributed by atoms with Gasteiger partial charge in [-0.15, -0.1) is 0 Å². The van der Waals surface area contributed by atoms with Crippen LogP contribution in [0.25, 0.3) is 10.9 Å². The highest BCUT2D eigenvalue weighted by Gasteiger charge is 2.52. The predicted octanol–water partition coefficient (Wildman–Crippen LogP) is 4.33. The van der Waals surface area contributed by atoms with Crippen LogP contribution in [0.15, 0.2) is 24.4 Å². The minimum absolute atomic E-state index is 0.408. The van der Waals surface area contributed by atoms with Crippen LogP contribution in [0.1, 0.15) is 48.5 Å². The van der Waals surface area contributed by atoms with Gasteiger partial charge in [0.1, 0.15) is 5.60 Å². The molecule has 5 nitrogen and oxygen atoms in total. The molecule has 2 aromatic rings. The first kappa shape index (κ1) is 19.7. The second kappa shape index (κ2) is 6.24. The van der Waals surface area contributed by atoms with E-state index < -0.39 is 30.0 Å². The largest absolute Gasteiger partial charge is 0.497 e. The number of hydrogen-bond acceptors (Lipinski definition) is 4. The lowest BCUT2D eigenvalue weighted by atomic mass is 9.79. The molecule has 0 unspecified atom stereocenters. The number of hydrogen-bond donors (Lipinski definition) is 0. The van der Waals surface area contributed by atoms with Crippen molar-refractivity contribution in [1.82, 2.24) is 4.57 Å². The van der Waals surface area contributed by atoms with Gasteiger partial charge in [-0.3, -0.25) is 4.57 Å². The van der Waals surface area contributed by atoms with Gasteiger partial charge >= 0.3 is 13.2 Å². The van der Waals surface area contributed by atoms with Crippen LogP contribution in [-0.2, 0) is 14.0 Å². The number of aromatic nitrogens is 1. The van der Waals surface area contributed by atoms with Gasteiger partial charge < -0.3 is 14.0 Å².